The Morgan fingerprint density at radius 1 is 1.24 bits per heavy atom. The molecule has 1 aliphatic carbocycles. The van der Waals surface area contributed by atoms with Crippen LogP contribution in [0.15, 0.2) is 24.3 Å². The maximum atomic E-state index is 13.3. The fraction of sp³-hybridized carbons (Fsp3) is 0.500. The molecule has 1 aromatic carbocycles. The summed E-state index contributed by atoms with van der Waals surface area (Å²) in [6.07, 6.45) is 3.12. The predicted molar refractivity (Wildman–Crippen MR) is 73.3 cm³/mol. The van der Waals surface area contributed by atoms with Crippen molar-refractivity contribution in [2.75, 3.05) is 0 Å². The molecule has 5 heteroatoms. The summed E-state index contributed by atoms with van der Waals surface area (Å²) in [5.74, 6) is -0.00566. The summed E-state index contributed by atoms with van der Waals surface area (Å²) in [7, 11) is 0. The summed E-state index contributed by atoms with van der Waals surface area (Å²) >= 11 is 0. The van der Waals surface area contributed by atoms with Gasteiger partial charge in [0.2, 0.25) is 5.91 Å². The van der Waals surface area contributed by atoms with Crippen LogP contribution in [0, 0.1) is 11.7 Å². The Kier molecular flexibility index (Phi) is 2.85. The van der Waals surface area contributed by atoms with Crippen LogP contribution < -0.4 is 0 Å². The van der Waals surface area contributed by atoms with Gasteiger partial charge in [-0.05, 0) is 42.9 Å². The van der Waals surface area contributed by atoms with Gasteiger partial charge in [-0.2, -0.15) is 0 Å². The molecule has 3 aliphatic rings. The number of carbonyl (C=O) groups is 2. The molecule has 3 fully saturated rings. The number of ketones is 1. The molecule has 110 valence electrons. The zero-order valence-corrected chi connectivity index (χ0v) is 11.7. The second-order valence-corrected chi connectivity index (χ2v) is 6.28. The highest BCUT2D eigenvalue weighted by Gasteiger charge is 2.54. The van der Waals surface area contributed by atoms with E-state index in [1.54, 1.807) is 11.1 Å². The summed E-state index contributed by atoms with van der Waals surface area (Å²) in [4.78, 5) is 24.5. The van der Waals surface area contributed by atoms with Gasteiger partial charge in [0.1, 0.15) is 5.82 Å². The molecule has 2 bridgehead atoms. The number of amides is 1. The van der Waals surface area contributed by atoms with Gasteiger partial charge in [0, 0.05) is 6.04 Å². The van der Waals surface area contributed by atoms with Crippen molar-refractivity contribution in [1.29, 1.82) is 0 Å². The van der Waals surface area contributed by atoms with Gasteiger partial charge in [0.15, 0.2) is 5.78 Å². The lowest BCUT2D eigenvalue weighted by Crippen LogP contribution is -2.61. The number of benzene rings is 1. The number of Topliss-reactive ketones (excluding diaryl/α,β-unsaturated/α-hetero) is 1. The first-order chi connectivity index (χ1) is 10.1. The first-order valence-electron chi connectivity index (χ1n) is 7.49. The van der Waals surface area contributed by atoms with Crippen molar-refractivity contribution < 1.29 is 14.0 Å². The lowest BCUT2D eigenvalue weighted by atomic mass is 9.92. The van der Waals surface area contributed by atoms with Crippen LogP contribution in [0.5, 0.6) is 0 Å². The van der Waals surface area contributed by atoms with Crippen molar-refractivity contribution in [3.8, 4) is 0 Å². The number of carbonyl (C=O) groups excluding carboxylic acids is 2. The first-order valence-corrected chi connectivity index (χ1v) is 7.49. The van der Waals surface area contributed by atoms with E-state index in [0.717, 1.165) is 24.8 Å². The molecule has 2 heterocycles. The lowest BCUT2D eigenvalue weighted by molar-refractivity contribution is -0.175. The van der Waals surface area contributed by atoms with Gasteiger partial charge >= 0.3 is 0 Å². The van der Waals surface area contributed by atoms with E-state index in [2.05, 4.69) is 0 Å². The smallest absolute Gasteiger partial charge is 0.244 e. The molecular weight excluding hydrogens is 271 g/mol. The van der Waals surface area contributed by atoms with Crippen LogP contribution in [0.2, 0.25) is 0 Å². The quantitative estimate of drug-likeness (QED) is 0.780. The number of halogens is 1. The topological polar surface area (TPSA) is 40.6 Å². The van der Waals surface area contributed by atoms with Gasteiger partial charge in [0.05, 0.1) is 19.0 Å². The Morgan fingerprint density at radius 2 is 2.10 bits per heavy atom. The molecular formula is C16H17FN2O2. The van der Waals surface area contributed by atoms with Crippen molar-refractivity contribution in [3.63, 3.8) is 0 Å². The fourth-order valence-corrected chi connectivity index (χ4v) is 4.17. The summed E-state index contributed by atoms with van der Waals surface area (Å²) in [5.41, 5.74) is 0.763. The Bertz CT molecular complexity index is 618. The zero-order valence-electron chi connectivity index (χ0n) is 11.7. The SMILES string of the molecule is O=C1CC(=O)N(Cc2cccc(F)c2)N2[C@@H]3CCC(C3)[C@@H]12. The van der Waals surface area contributed by atoms with Crippen LogP contribution in [0.3, 0.4) is 0 Å². The summed E-state index contributed by atoms with van der Waals surface area (Å²) in [6, 6.07) is 6.48. The number of hydrazine groups is 1. The predicted octanol–water partition coefficient (Wildman–Crippen LogP) is 1.90. The van der Waals surface area contributed by atoms with Crippen molar-refractivity contribution in [2.24, 2.45) is 5.92 Å². The van der Waals surface area contributed by atoms with E-state index in [1.807, 2.05) is 11.1 Å². The lowest BCUT2D eigenvalue weighted by Gasteiger charge is -2.45. The number of piperidine rings is 1. The molecule has 1 unspecified atom stereocenters. The van der Waals surface area contributed by atoms with Gasteiger partial charge in [-0.3, -0.25) is 14.6 Å². The zero-order chi connectivity index (χ0) is 14.6. The molecule has 2 aliphatic heterocycles. The van der Waals surface area contributed by atoms with Crippen LogP contribution in [0.1, 0.15) is 31.2 Å². The van der Waals surface area contributed by atoms with Gasteiger partial charge < -0.3 is 0 Å². The van der Waals surface area contributed by atoms with E-state index < -0.39 is 0 Å². The van der Waals surface area contributed by atoms with Crippen LogP contribution in [0.25, 0.3) is 0 Å². The molecule has 0 spiro atoms. The van der Waals surface area contributed by atoms with Gasteiger partial charge in [-0.15, -0.1) is 0 Å². The van der Waals surface area contributed by atoms with Crippen LogP contribution in [-0.4, -0.2) is 33.8 Å². The number of hydrogen-bond acceptors (Lipinski definition) is 3. The number of hydrogen-bond donors (Lipinski definition) is 0. The van der Waals surface area contributed by atoms with Gasteiger partial charge in [-0.1, -0.05) is 12.1 Å². The largest absolute Gasteiger partial charge is 0.297 e. The average Bonchev–Trinajstić information content (AvgIpc) is 3.04. The van der Waals surface area contributed by atoms with Crippen molar-refractivity contribution in [3.05, 3.63) is 35.6 Å². The standard InChI is InChI=1S/C16H17FN2O2/c17-12-3-1-2-10(6-12)9-18-15(21)8-14(20)16-11-4-5-13(7-11)19(16)18/h1-3,6,11,13,16H,4-5,7-9H2/t11?,13-,16+/m1/s1. The normalized spacial score (nSPS) is 31.9. The third kappa shape index (κ3) is 1.99. The second kappa shape index (κ2) is 4.63. The van der Waals surface area contributed by atoms with Gasteiger partial charge in [0.25, 0.3) is 0 Å². The summed E-state index contributed by atoms with van der Waals surface area (Å²) < 4.78 is 13.3. The van der Waals surface area contributed by atoms with Crippen LogP contribution in [-0.2, 0) is 16.1 Å². The number of nitrogens with zero attached hydrogens (tertiary/aromatic N) is 2. The minimum Gasteiger partial charge on any atom is -0.297 e. The van der Waals surface area contributed by atoms with E-state index in [1.165, 1.54) is 12.1 Å². The molecule has 0 N–H and O–H groups in total. The number of rotatable bonds is 2. The monoisotopic (exact) mass is 288 g/mol. The Hall–Kier alpha value is -1.75. The molecule has 0 radical (unpaired) electrons. The van der Waals surface area contributed by atoms with Crippen molar-refractivity contribution >= 4 is 11.7 Å². The fourth-order valence-electron chi connectivity index (χ4n) is 4.17. The maximum Gasteiger partial charge on any atom is 0.244 e. The van der Waals surface area contributed by atoms with Crippen molar-refractivity contribution in [2.45, 2.75) is 44.3 Å². The molecule has 4 nitrogen and oxygen atoms in total. The number of fused-ring (bicyclic) bond motifs is 5. The third-order valence-electron chi connectivity index (χ3n) is 4.99. The molecule has 1 amide bonds. The summed E-state index contributed by atoms with van der Waals surface area (Å²) in [5, 5.41) is 3.68. The summed E-state index contributed by atoms with van der Waals surface area (Å²) in [6.45, 7) is 0.351. The minimum atomic E-state index is -0.299. The van der Waals surface area contributed by atoms with Crippen molar-refractivity contribution in [1.82, 2.24) is 10.0 Å². The maximum absolute atomic E-state index is 13.3. The molecule has 4 rings (SSSR count). The Labute approximate surface area is 122 Å². The van der Waals surface area contributed by atoms with E-state index in [9.17, 15) is 14.0 Å². The molecule has 3 atom stereocenters. The molecule has 1 aromatic rings. The van der Waals surface area contributed by atoms with Crippen LogP contribution in [0.4, 0.5) is 4.39 Å². The Morgan fingerprint density at radius 3 is 2.90 bits per heavy atom. The highest BCUT2D eigenvalue weighted by atomic mass is 19.1. The molecule has 21 heavy (non-hydrogen) atoms. The third-order valence-corrected chi connectivity index (χ3v) is 4.99. The molecule has 0 aromatic heterocycles. The Balaban J connectivity index is 1.64. The highest BCUT2D eigenvalue weighted by molar-refractivity contribution is 6.03. The van der Waals surface area contributed by atoms with E-state index in [0.29, 0.717) is 18.5 Å². The average molecular weight is 288 g/mol. The molecule has 1 saturated carbocycles. The van der Waals surface area contributed by atoms with E-state index in [-0.39, 0.29) is 30.0 Å². The second-order valence-electron chi connectivity index (χ2n) is 6.28. The highest BCUT2D eigenvalue weighted by Crippen LogP contribution is 2.45. The minimum absolute atomic E-state index is 0.0142. The first kappa shape index (κ1) is 13.0. The van der Waals surface area contributed by atoms with E-state index >= 15 is 0 Å². The van der Waals surface area contributed by atoms with E-state index in [4.69, 9.17) is 0 Å². The molecule has 2 saturated heterocycles. The van der Waals surface area contributed by atoms with Gasteiger partial charge in [-0.25, -0.2) is 9.40 Å². The van der Waals surface area contributed by atoms with Crippen LogP contribution >= 0.6 is 0 Å².